The van der Waals surface area contributed by atoms with E-state index >= 15 is 0 Å². The number of carbonyl (C=O) groups excluding carboxylic acids is 2. The van der Waals surface area contributed by atoms with Gasteiger partial charge < -0.3 is 9.64 Å². The standard InChI is InChI=1S/C19H27NO3/c1-4-17-13-20(10-5-11-23-17)19(22)9-8-18(21)16-7-6-14(2)15(3)12-16/h6-7,12,17H,4-5,8-11,13H2,1-3H3/t17-/m0/s1. The number of hydrogen-bond acceptors (Lipinski definition) is 3. The van der Waals surface area contributed by atoms with Crippen molar-refractivity contribution in [2.75, 3.05) is 19.7 Å². The summed E-state index contributed by atoms with van der Waals surface area (Å²) in [5.41, 5.74) is 2.98. The van der Waals surface area contributed by atoms with E-state index in [1.54, 1.807) is 0 Å². The number of hydrogen-bond donors (Lipinski definition) is 0. The lowest BCUT2D eigenvalue weighted by Crippen LogP contribution is -2.36. The molecule has 1 atom stereocenters. The second-order valence-electron chi connectivity index (χ2n) is 6.32. The molecule has 1 aliphatic rings. The van der Waals surface area contributed by atoms with E-state index in [0.29, 0.717) is 18.7 Å². The summed E-state index contributed by atoms with van der Waals surface area (Å²) in [4.78, 5) is 26.5. The number of benzene rings is 1. The molecule has 0 spiro atoms. The zero-order chi connectivity index (χ0) is 16.8. The Kier molecular flexibility index (Phi) is 6.34. The van der Waals surface area contributed by atoms with Gasteiger partial charge in [-0.2, -0.15) is 0 Å². The molecule has 0 saturated carbocycles. The molecule has 0 radical (unpaired) electrons. The third-order valence-corrected chi connectivity index (χ3v) is 4.55. The number of aryl methyl sites for hydroxylation is 2. The molecule has 1 saturated heterocycles. The van der Waals surface area contributed by atoms with Crippen molar-refractivity contribution in [1.82, 2.24) is 4.90 Å². The third-order valence-electron chi connectivity index (χ3n) is 4.55. The van der Waals surface area contributed by atoms with Crippen molar-refractivity contribution in [2.24, 2.45) is 0 Å². The molecule has 4 nitrogen and oxygen atoms in total. The van der Waals surface area contributed by atoms with Gasteiger partial charge in [-0.05, 0) is 43.9 Å². The molecule has 4 heteroatoms. The summed E-state index contributed by atoms with van der Waals surface area (Å²) in [5, 5.41) is 0. The number of amides is 1. The monoisotopic (exact) mass is 317 g/mol. The third kappa shape index (κ3) is 4.90. The van der Waals surface area contributed by atoms with Crippen molar-refractivity contribution in [3.05, 3.63) is 34.9 Å². The molecule has 0 aromatic heterocycles. The molecule has 23 heavy (non-hydrogen) atoms. The molecule has 1 heterocycles. The van der Waals surface area contributed by atoms with Crippen LogP contribution in [-0.2, 0) is 9.53 Å². The fourth-order valence-electron chi connectivity index (χ4n) is 2.81. The zero-order valence-corrected chi connectivity index (χ0v) is 14.4. The lowest BCUT2D eigenvalue weighted by Gasteiger charge is -2.23. The Labute approximate surface area is 138 Å². The fraction of sp³-hybridized carbons (Fsp3) is 0.579. The van der Waals surface area contributed by atoms with Crippen LogP contribution in [0.25, 0.3) is 0 Å². The van der Waals surface area contributed by atoms with Gasteiger partial charge in [-0.25, -0.2) is 0 Å². The largest absolute Gasteiger partial charge is 0.376 e. The molecule has 1 aromatic carbocycles. The van der Waals surface area contributed by atoms with Gasteiger partial charge in [0.15, 0.2) is 5.78 Å². The fourth-order valence-corrected chi connectivity index (χ4v) is 2.81. The van der Waals surface area contributed by atoms with Crippen LogP contribution in [-0.4, -0.2) is 42.4 Å². The van der Waals surface area contributed by atoms with Crippen LogP contribution in [0.1, 0.15) is 54.1 Å². The topological polar surface area (TPSA) is 46.6 Å². The van der Waals surface area contributed by atoms with Crippen molar-refractivity contribution < 1.29 is 14.3 Å². The summed E-state index contributed by atoms with van der Waals surface area (Å²) in [7, 11) is 0. The highest BCUT2D eigenvalue weighted by atomic mass is 16.5. The molecular formula is C19H27NO3. The molecule has 1 amide bonds. The van der Waals surface area contributed by atoms with Crippen LogP contribution < -0.4 is 0 Å². The summed E-state index contributed by atoms with van der Waals surface area (Å²) < 4.78 is 5.69. The van der Waals surface area contributed by atoms with E-state index in [1.165, 1.54) is 5.56 Å². The predicted octanol–water partition coefficient (Wildman–Crippen LogP) is 3.29. The number of carbonyl (C=O) groups is 2. The van der Waals surface area contributed by atoms with Crippen molar-refractivity contribution in [3.8, 4) is 0 Å². The van der Waals surface area contributed by atoms with E-state index in [4.69, 9.17) is 4.74 Å². The maximum absolute atomic E-state index is 12.4. The summed E-state index contributed by atoms with van der Waals surface area (Å²) in [6.07, 6.45) is 2.45. The van der Waals surface area contributed by atoms with Gasteiger partial charge in [0.1, 0.15) is 0 Å². The number of ketones is 1. The van der Waals surface area contributed by atoms with E-state index in [9.17, 15) is 9.59 Å². The highest BCUT2D eigenvalue weighted by molar-refractivity contribution is 5.98. The number of ether oxygens (including phenoxy) is 1. The van der Waals surface area contributed by atoms with Crippen LogP contribution in [0, 0.1) is 13.8 Å². The number of Topliss-reactive ketones (excluding diaryl/α,β-unsaturated/α-hetero) is 1. The molecule has 0 unspecified atom stereocenters. The van der Waals surface area contributed by atoms with Crippen molar-refractivity contribution in [3.63, 3.8) is 0 Å². The lowest BCUT2D eigenvalue weighted by atomic mass is 10.0. The Morgan fingerprint density at radius 3 is 2.70 bits per heavy atom. The molecule has 1 aromatic rings. The van der Waals surface area contributed by atoms with Gasteiger partial charge in [-0.15, -0.1) is 0 Å². The minimum atomic E-state index is 0.0413. The minimum absolute atomic E-state index is 0.0413. The Balaban J connectivity index is 1.90. The van der Waals surface area contributed by atoms with Crippen molar-refractivity contribution in [1.29, 1.82) is 0 Å². The van der Waals surface area contributed by atoms with Gasteiger partial charge in [0.25, 0.3) is 0 Å². The Bertz CT molecular complexity index is 568. The molecule has 126 valence electrons. The molecule has 0 aliphatic carbocycles. The summed E-state index contributed by atoms with van der Waals surface area (Å²) in [6.45, 7) is 8.18. The van der Waals surface area contributed by atoms with Crippen LogP contribution in [0.4, 0.5) is 0 Å². The first kappa shape index (κ1) is 17.7. The first-order valence-electron chi connectivity index (χ1n) is 8.51. The Morgan fingerprint density at radius 1 is 1.22 bits per heavy atom. The molecule has 1 aliphatic heterocycles. The minimum Gasteiger partial charge on any atom is -0.376 e. The highest BCUT2D eigenvalue weighted by Crippen LogP contribution is 2.14. The second-order valence-corrected chi connectivity index (χ2v) is 6.32. The Hall–Kier alpha value is -1.68. The van der Waals surface area contributed by atoms with Gasteiger partial charge in [-0.3, -0.25) is 9.59 Å². The second kappa shape index (κ2) is 8.25. The van der Waals surface area contributed by atoms with Gasteiger partial charge in [0.05, 0.1) is 6.10 Å². The summed E-state index contributed by atoms with van der Waals surface area (Å²) in [5.74, 6) is 0.102. The van der Waals surface area contributed by atoms with E-state index in [2.05, 4.69) is 6.92 Å². The van der Waals surface area contributed by atoms with E-state index < -0.39 is 0 Å². The van der Waals surface area contributed by atoms with Gasteiger partial charge in [-0.1, -0.05) is 19.1 Å². The van der Waals surface area contributed by atoms with Crippen molar-refractivity contribution >= 4 is 11.7 Å². The Morgan fingerprint density at radius 2 is 2.00 bits per heavy atom. The van der Waals surface area contributed by atoms with Crippen LogP contribution in [0.2, 0.25) is 0 Å². The van der Waals surface area contributed by atoms with E-state index in [0.717, 1.165) is 24.9 Å². The van der Waals surface area contributed by atoms with Gasteiger partial charge >= 0.3 is 0 Å². The quantitative estimate of drug-likeness (QED) is 0.783. The van der Waals surface area contributed by atoms with Gasteiger partial charge in [0.2, 0.25) is 5.91 Å². The SMILES string of the molecule is CC[C@H]1CN(C(=O)CCC(=O)c2ccc(C)c(C)c2)CCCO1. The first-order valence-corrected chi connectivity index (χ1v) is 8.51. The highest BCUT2D eigenvalue weighted by Gasteiger charge is 2.22. The van der Waals surface area contributed by atoms with E-state index in [-0.39, 0.29) is 30.6 Å². The molecule has 0 N–H and O–H groups in total. The van der Waals surface area contributed by atoms with Crippen LogP contribution >= 0.6 is 0 Å². The molecule has 0 bridgehead atoms. The predicted molar refractivity (Wildman–Crippen MR) is 90.7 cm³/mol. The first-order chi connectivity index (χ1) is 11.0. The van der Waals surface area contributed by atoms with Crippen LogP contribution in [0.15, 0.2) is 18.2 Å². The number of rotatable bonds is 5. The van der Waals surface area contributed by atoms with Crippen molar-refractivity contribution in [2.45, 2.75) is 52.6 Å². The smallest absolute Gasteiger partial charge is 0.223 e. The average Bonchev–Trinajstić information content (AvgIpc) is 2.80. The summed E-state index contributed by atoms with van der Waals surface area (Å²) in [6, 6.07) is 5.72. The maximum atomic E-state index is 12.4. The normalized spacial score (nSPS) is 18.6. The molecule has 2 rings (SSSR count). The number of nitrogens with zero attached hydrogens (tertiary/aromatic N) is 1. The molecular weight excluding hydrogens is 290 g/mol. The van der Waals surface area contributed by atoms with Gasteiger partial charge in [0, 0.05) is 38.1 Å². The molecule has 1 fully saturated rings. The van der Waals surface area contributed by atoms with Crippen LogP contribution in [0.3, 0.4) is 0 Å². The summed E-state index contributed by atoms with van der Waals surface area (Å²) >= 11 is 0. The van der Waals surface area contributed by atoms with E-state index in [1.807, 2.05) is 36.9 Å². The zero-order valence-electron chi connectivity index (χ0n) is 14.4. The maximum Gasteiger partial charge on any atom is 0.223 e. The lowest BCUT2D eigenvalue weighted by molar-refractivity contribution is -0.132. The average molecular weight is 317 g/mol. The van der Waals surface area contributed by atoms with Crippen LogP contribution in [0.5, 0.6) is 0 Å².